The van der Waals surface area contributed by atoms with Crippen LogP contribution in [0.4, 0.5) is 5.69 Å². The quantitative estimate of drug-likeness (QED) is 0.174. The first-order valence-electron chi connectivity index (χ1n) is 12.0. The number of methoxy groups -OCH3 is 1. The number of ether oxygens (including phenoxy) is 3. The summed E-state index contributed by atoms with van der Waals surface area (Å²) in [7, 11) is 1.47. The van der Waals surface area contributed by atoms with E-state index in [2.05, 4.69) is 21.2 Å². The van der Waals surface area contributed by atoms with Gasteiger partial charge in [-0.3, -0.25) is 14.4 Å². The van der Waals surface area contributed by atoms with Crippen LogP contribution in [0, 0.1) is 20.8 Å². The van der Waals surface area contributed by atoms with Crippen LogP contribution >= 0.6 is 0 Å². The highest BCUT2D eigenvalue weighted by Gasteiger charge is 2.13. The fourth-order valence-electron chi connectivity index (χ4n) is 3.47. The van der Waals surface area contributed by atoms with Crippen LogP contribution in [0.1, 0.15) is 42.5 Å². The third-order valence-electron chi connectivity index (χ3n) is 5.13. The summed E-state index contributed by atoms with van der Waals surface area (Å²) in [5.74, 6) is -1.20. The van der Waals surface area contributed by atoms with E-state index in [1.807, 2.05) is 46.8 Å². The number of benzene rings is 2. The lowest BCUT2D eigenvalue weighted by molar-refractivity contribution is -0.139. The molecule has 0 aliphatic heterocycles. The van der Waals surface area contributed by atoms with E-state index in [0.29, 0.717) is 36.6 Å². The van der Waals surface area contributed by atoms with E-state index in [1.165, 1.54) is 13.3 Å². The molecule has 2 aromatic rings. The van der Waals surface area contributed by atoms with Gasteiger partial charge in [-0.1, -0.05) is 17.7 Å². The average molecular weight is 513 g/mol. The Labute approximate surface area is 217 Å². The van der Waals surface area contributed by atoms with Gasteiger partial charge in [0.15, 0.2) is 18.1 Å². The maximum atomic E-state index is 12.4. The van der Waals surface area contributed by atoms with Crippen molar-refractivity contribution in [1.82, 2.24) is 10.7 Å². The number of carbonyl (C=O) groups excluding carboxylic acids is 3. The molecule has 10 heteroatoms. The molecule has 0 spiro atoms. The van der Waals surface area contributed by atoms with E-state index in [4.69, 9.17) is 14.2 Å². The number of rotatable bonds is 12. The standard InChI is InChI=1S/C27H36N4O6/c1-17(2)36-11-7-10-28-26(33)27(34)31-29-15-21-8-9-22(23(14-21)35-6)37-16-24(32)30-25-19(4)12-18(3)13-20(25)5/h8-9,12-15,17H,7,10-11,16H2,1-6H3,(H,28,33)(H,30,32)(H,31,34)/b29-15-. The number of hydrogen-bond donors (Lipinski definition) is 3. The van der Waals surface area contributed by atoms with Crippen molar-refractivity contribution in [3.63, 3.8) is 0 Å². The second-order valence-corrected chi connectivity index (χ2v) is 8.75. The summed E-state index contributed by atoms with van der Waals surface area (Å²) < 4.78 is 16.4. The van der Waals surface area contributed by atoms with Gasteiger partial charge in [0.05, 0.1) is 19.4 Å². The van der Waals surface area contributed by atoms with Crippen molar-refractivity contribution in [2.24, 2.45) is 5.10 Å². The molecule has 0 saturated heterocycles. The summed E-state index contributed by atoms with van der Waals surface area (Å²) in [6, 6.07) is 8.95. The monoisotopic (exact) mass is 512 g/mol. The van der Waals surface area contributed by atoms with Crippen molar-refractivity contribution in [2.75, 3.05) is 32.2 Å². The molecule has 2 rings (SSSR count). The minimum atomic E-state index is -0.877. The molecule has 0 heterocycles. The molecule has 0 aromatic heterocycles. The van der Waals surface area contributed by atoms with Crippen LogP contribution < -0.4 is 25.5 Å². The smallest absolute Gasteiger partial charge is 0.329 e. The van der Waals surface area contributed by atoms with Gasteiger partial charge in [0.2, 0.25) is 0 Å². The van der Waals surface area contributed by atoms with Gasteiger partial charge < -0.3 is 24.8 Å². The van der Waals surface area contributed by atoms with Crippen molar-refractivity contribution in [3.8, 4) is 11.5 Å². The molecule has 0 unspecified atom stereocenters. The van der Waals surface area contributed by atoms with Crippen LogP contribution in [0.25, 0.3) is 0 Å². The van der Waals surface area contributed by atoms with Crippen molar-refractivity contribution in [2.45, 2.75) is 47.1 Å². The normalized spacial score (nSPS) is 10.9. The van der Waals surface area contributed by atoms with Crippen LogP contribution in [0.5, 0.6) is 11.5 Å². The number of nitrogens with one attached hydrogen (secondary N) is 3. The fraction of sp³-hybridized carbons (Fsp3) is 0.407. The minimum absolute atomic E-state index is 0.116. The minimum Gasteiger partial charge on any atom is -0.493 e. The predicted octanol–water partition coefficient (Wildman–Crippen LogP) is 3.02. The lowest BCUT2D eigenvalue weighted by atomic mass is 10.1. The van der Waals surface area contributed by atoms with Gasteiger partial charge in [-0.25, -0.2) is 5.43 Å². The highest BCUT2D eigenvalue weighted by atomic mass is 16.5. The lowest BCUT2D eigenvalue weighted by Gasteiger charge is -2.14. The molecule has 0 aliphatic rings. The van der Waals surface area contributed by atoms with E-state index in [9.17, 15) is 14.4 Å². The number of aryl methyl sites for hydroxylation is 3. The Morgan fingerprint density at radius 1 is 1.00 bits per heavy atom. The van der Waals surface area contributed by atoms with E-state index in [0.717, 1.165) is 22.4 Å². The summed E-state index contributed by atoms with van der Waals surface area (Å²) in [5, 5.41) is 9.20. The van der Waals surface area contributed by atoms with Crippen molar-refractivity contribution >= 4 is 29.6 Å². The maximum Gasteiger partial charge on any atom is 0.329 e. The number of hydrogen-bond acceptors (Lipinski definition) is 7. The molecular weight excluding hydrogens is 476 g/mol. The Bertz CT molecular complexity index is 1110. The molecule has 0 aliphatic carbocycles. The fourth-order valence-corrected chi connectivity index (χ4v) is 3.47. The van der Waals surface area contributed by atoms with Gasteiger partial charge in [-0.05, 0) is 75.9 Å². The zero-order valence-electron chi connectivity index (χ0n) is 22.3. The molecule has 200 valence electrons. The number of carbonyl (C=O) groups is 3. The SMILES string of the molecule is COc1cc(/C=N\NC(=O)C(=O)NCCCOC(C)C)ccc1OCC(=O)Nc1c(C)cc(C)cc1C. The average Bonchev–Trinajstić information content (AvgIpc) is 2.84. The van der Waals surface area contributed by atoms with Gasteiger partial charge in [0.25, 0.3) is 5.91 Å². The molecule has 0 fully saturated rings. The summed E-state index contributed by atoms with van der Waals surface area (Å²) in [6.45, 7) is 10.4. The molecular formula is C27H36N4O6. The highest BCUT2D eigenvalue weighted by molar-refractivity contribution is 6.35. The number of amides is 3. The van der Waals surface area contributed by atoms with Gasteiger partial charge in [0.1, 0.15) is 0 Å². The van der Waals surface area contributed by atoms with Crippen molar-refractivity contribution in [3.05, 3.63) is 52.6 Å². The van der Waals surface area contributed by atoms with Crippen LogP contribution in [-0.2, 0) is 19.1 Å². The van der Waals surface area contributed by atoms with Gasteiger partial charge in [-0.2, -0.15) is 5.10 Å². The third kappa shape index (κ3) is 9.92. The highest BCUT2D eigenvalue weighted by Crippen LogP contribution is 2.28. The number of hydrazone groups is 1. The molecule has 0 saturated carbocycles. The van der Waals surface area contributed by atoms with E-state index in [-0.39, 0.29) is 18.6 Å². The first-order chi connectivity index (χ1) is 17.6. The molecule has 3 amide bonds. The predicted molar refractivity (Wildman–Crippen MR) is 142 cm³/mol. The Hall–Kier alpha value is -3.92. The van der Waals surface area contributed by atoms with Crippen LogP contribution in [0.15, 0.2) is 35.4 Å². The largest absolute Gasteiger partial charge is 0.493 e. The zero-order valence-corrected chi connectivity index (χ0v) is 22.3. The van der Waals surface area contributed by atoms with Gasteiger partial charge in [0, 0.05) is 18.8 Å². The van der Waals surface area contributed by atoms with Crippen molar-refractivity contribution in [1.29, 1.82) is 0 Å². The van der Waals surface area contributed by atoms with Gasteiger partial charge >= 0.3 is 11.8 Å². The van der Waals surface area contributed by atoms with Crippen LogP contribution in [-0.4, -0.2) is 56.9 Å². The first-order valence-corrected chi connectivity index (χ1v) is 12.0. The first kappa shape index (κ1) is 29.3. The Kier molecular flexibility index (Phi) is 11.6. The maximum absolute atomic E-state index is 12.4. The molecule has 0 radical (unpaired) electrons. The lowest BCUT2D eigenvalue weighted by Crippen LogP contribution is -2.38. The topological polar surface area (TPSA) is 127 Å². The third-order valence-corrected chi connectivity index (χ3v) is 5.13. The van der Waals surface area contributed by atoms with Crippen LogP contribution in [0.3, 0.4) is 0 Å². The zero-order chi connectivity index (χ0) is 27.4. The Balaban J connectivity index is 1.86. The van der Waals surface area contributed by atoms with Crippen molar-refractivity contribution < 1.29 is 28.6 Å². The molecule has 10 nitrogen and oxygen atoms in total. The number of anilines is 1. The van der Waals surface area contributed by atoms with Crippen LogP contribution in [0.2, 0.25) is 0 Å². The van der Waals surface area contributed by atoms with Gasteiger partial charge in [-0.15, -0.1) is 0 Å². The summed E-state index contributed by atoms with van der Waals surface area (Å²) >= 11 is 0. The Morgan fingerprint density at radius 2 is 1.70 bits per heavy atom. The molecule has 0 atom stereocenters. The summed E-state index contributed by atoms with van der Waals surface area (Å²) in [4.78, 5) is 36.1. The van der Waals surface area contributed by atoms with E-state index in [1.54, 1.807) is 18.2 Å². The summed E-state index contributed by atoms with van der Waals surface area (Å²) in [6.07, 6.45) is 2.08. The molecule has 2 aromatic carbocycles. The summed E-state index contributed by atoms with van der Waals surface area (Å²) in [5.41, 5.74) is 6.63. The second-order valence-electron chi connectivity index (χ2n) is 8.75. The van der Waals surface area contributed by atoms with E-state index < -0.39 is 11.8 Å². The molecule has 3 N–H and O–H groups in total. The Morgan fingerprint density at radius 3 is 2.35 bits per heavy atom. The molecule has 0 bridgehead atoms. The second kappa shape index (κ2) is 14.6. The van der Waals surface area contributed by atoms with E-state index >= 15 is 0 Å². The molecule has 37 heavy (non-hydrogen) atoms. The number of nitrogens with zero attached hydrogens (tertiary/aromatic N) is 1.